The Bertz CT molecular complexity index is 705. The molecule has 0 amide bonds. The van der Waals surface area contributed by atoms with Crippen LogP contribution in [0.3, 0.4) is 0 Å². The largest absolute Gasteiger partial charge is 0.393 e. The minimum Gasteiger partial charge on any atom is -0.393 e. The van der Waals surface area contributed by atoms with Gasteiger partial charge in [-0.3, -0.25) is 0 Å². The van der Waals surface area contributed by atoms with Crippen molar-refractivity contribution < 1.29 is 5.11 Å². The van der Waals surface area contributed by atoms with Gasteiger partial charge in [0.15, 0.2) is 0 Å². The van der Waals surface area contributed by atoms with E-state index in [9.17, 15) is 5.11 Å². The zero-order valence-corrected chi connectivity index (χ0v) is 20.7. The highest BCUT2D eigenvalue weighted by molar-refractivity contribution is 5.40. The first-order valence-electron chi connectivity index (χ1n) is 13.6. The molecule has 4 fully saturated rings. The summed E-state index contributed by atoms with van der Waals surface area (Å²) in [7, 11) is 0. The highest BCUT2D eigenvalue weighted by Crippen LogP contribution is 2.68. The molecule has 1 nitrogen and oxygen atoms in total. The summed E-state index contributed by atoms with van der Waals surface area (Å²) in [5.74, 6) is 7.12. The Labute approximate surface area is 186 Å². The molecule has 0 aromatic heterocycles. The van der Waals surface area contributed by atoms with Crippen LogP contribution in [0.15, 0.2) is 11.1 Å². The number of allylic oxidation sites excluding steroid dienone is 2. The van der Waals surface area contributed by atoms with Gasteiger partial charge in [-0.1, -0.05) is 45.8 Å². The van der Waals surface area contributed by atoms with Crippen molar-refractivity contribution in [2.75, 3.05) is 0 Å². The van der Waals surface area contributed by atoms with Crippen LogP contribution in [0.2, 0.25) is 0 Å². The standard InChI is InChI=1S/C29H48O/c1-17(2)27-19(4)23(27)15-18(3)24-9-10-25-22-8-7-20-16-21(30)11-13-28(20,5)26(22)12-14-29(24,25)6/h17-18,20-26,30H,7-16H2,1-6H3/t18-,20+,21+,22+,23+,24-,25+,26+,28+,29-/m1/s1. The first-order chi connectivity index (χ1) is 14.2. The van der Waals surface area contributed by atoms with Gasteiger partial charge in [0, 0.05) is 5.92 Å². The molecule has 0 aliphatic heterocycles. The maximum atomic E-state index is 10.3. The Hall–Kier alpha value is -0.300. The average Bonchev–Trinajstić information content (AvgIpc) is 3.17. The van der Waals surface area contributed by atoms with Gasteiger partial charge in [-0.25, -0.2) is 0 Å². The smallest absolute Gasteiger partial charge is 0.0543 e. The van der Waals surface area contributed by atoms with Crippen molar-refractivity contribution in [1.29, 1.82) is 0 Å². The molecule has 5 rings (SSSR count). The summed E-state index contributed by atoms with van der Waals surface area (Å²) in [4.78, 5) is 0. The van der Waals surface area contributed by atoms with Gasteiger partial charge in [0.25, 0.3) is 0 Å². The minimum atomic E-state index is -0.0135. The molecule has 1 N–H and O–H groups in total. The number of fused-ring (bicyclic) bond motifs is 5. The average molecular weight is 413 g/mol. The number of hydrogen-bond donors (Lipinski definition) is 1. The van der Waals surface area contributed by atoms with Crippen molar-refractivity contribution in [3.05, 3.63) is 11.1 Å². The van der Waals surface area contributed by atoms with Crippen LogP contribution in [0, 0.1) is 58.2 Å². The zero-order chi connectivity index (χ0) is 21.4. The Balaban J connectivity index is 1.30. The van der Waals surface area contributed by atoms with Gasteiger partial charge >= 0.3 is 0 Å². The topological polar surface area (TPSA) is 20.2 Å². The van der Waals surface area contributed by atoms with Gasteiger partial charge in [0.05, 0.1) is 6.10 Å². The molecule has 0 spiro atoms. The van der Waals surface area contributed by atoms with Crippen LogP contribution in [0.25, 0.3) is 0 Å². The van der Waals surface area contributed by atoms with Crippen molar-refractivity contribution in [3.8, 4) is 0 Å². The van der Waals surface area contributed by atoms with E-state index in [0.717, 1.165) is 60.2 Å². The van der Waals surface area contributed by atoms with E-state index in [1.54, 1.807) is 11.1 Å². The van der Waals surface area contributed by atoms with Crippen molar-refractivity contribution in [1.82, 2.24) is 0 Å². The lowest BCUT2D eigenvalue weighted by Crippen LogP contribution is -2.54. The molecule has 1 heteroatoms. The Morgan fingerprint density at radius 2 is 1.60 bits per heavy atom. The second-order valence-corrected chi connectivity index (χ2v) is 13.4. The minimum absolute atomic E-state index is 0.0135. The molecule has 170 valence electrons. The van der Waals surface area contributed by atoms with Gasteiger partial charge in [-0.05, 0) is 123 Å². The van der Waals surface area contributed by atoms with Gasteiger partial charge in [0.1, 0.15) is 0 Å². The summed E-state index contributed by atoms with van der Waals surface area (Å²) < 4.78 is 0. The highest BCUT2D eigenvalue weighted by atomic mass is 16.3. The van der Waals surface area contributed by atoms with Crippen LogP contribution in [-0.2, 0) is 0 Å². The molecule has 0 aromatic rings. The lowest BCUT2D eigenvalue weighted by molar-refractivity contribution is -0.129. The number of aliphatic hydroxyl groups is 1. The Morgan fingerprint density at radius 3 is 2.30 bits per heavy atom. The monoisotopic (exact) mass is 412 g/mol. The summed E-state index contributed by atoms with van der Waals surface area (Å²) in [6.45, 7) is 15.1. The van der Waals surface area contributed by atoms with Crippen molar-refractivity contribution in [2.24, 2.45) is 58.2 Å². The van der Waals surface area contributed by atoms with E-state index >= 15 is 0 Å². The van der Waals surface area contributed by atoms with Gasteiger partial charge in [-0.15, -0.1) is 0 Å². The maximum absolute atomic E-state index is 10.3. The molecule has 0 aromatic carbocycles. The van der Waals surface area contributed by atoms with E-state index < -0.39 is 0 Å². The molecule has 4 saturated carbocycles. The molecular weight excluding hydrogens is 364 g/mol. The van der Waals surface area contributed by atoms with Crippen LogP contribution in [-0.4, -0.2) is 11.2 Å². The molecule has 5 aliphatic carbocycles. The quantitative estimate of drug-likeness (QED) is 0.470. The summed E-state index contributed by atoms with van der Waals surface area (Å²) >= 11 is 0. The third-order valence-electron chi connectivity index (χ3n) is 11.9. The highest BCUT2D eigenvalue weighted by Gasteiger charge is 2.60. The van der Waals surface area contributed by atoms with E-state index in [-0.39, 0.29) is 6.10 Å². The predicted molar refractivity (Wildman–Crippen MR) is 126 cm³/mol. The fourth-order valence-electron chi connectivity index (χ4n) is 10.3. The number of aliphatic hydroxyl groups excluding tert-OH is 1. The van der Waals surface area contributed by atoms with E-state index in [2.05, 4.69) is 41.5 Å². The molecular formula is C29H48O. The van der Waals surface area contributed by atoms with E-state index in [4.69, 9.17) is 0 Å². The van der Waals surface area contributed by atoms with Crippen LogP contribution in [0.4, 0.5) is 0 Å². The number of rotatable bonds is 4. The molecule has 30 heavy (non-hydrogen) atoms. The van der Waals surface area contributed by atoms with Crippen LogP contribution < -0.4 is 0 Å². The first-order valence-corrected chi connectivity index (χ1v) is 13.6. The summed E-state index contributed by atoms with van der Waals surface area (Å²) in [5.41, 5.74) is 4.63. The zero-order valence-electron chi connectivity index (χ0n) is 20.7. The molecule has 0 bridgehead atoms. The summed E-state index contributed by atoms with van der Waals surface area (Å²) in [6.07, 6.45) is 13.7. The second-order valence-electron chi connectivity index (χ2n) is 13.4. The Kier molecular flexibility index (Phi) is 5.28. The summed E-state index contributed by atoms with van der Waals surface area (Å²) in [6, 6.07) is 0. The van der Waals surface area contributed by atoms with Crippen molar-refractivity contribution in [2.45, 2.75) is 112 Å². The molecule has 0 saturated heterocycles. The fraction of sp³-hybridized carbons (Fsp3) is 0.931. The molecule has 0 unspecified atom stereocenters. The van der Waals surface area contributed by atoms with Crippen molar-refractivity contribution >= 4 is 0 Å². The lowest BCUT2D eigenvalue weighted by atomic mass is 9.44. The fourth-order valence-corrected chi connectivity index (χ4v) is 10.3. The molecule has 5 aliphatic rings. The van der Waals surface area contributed by atoms with E-state index in [0.29, 0.717) is 10.8 Å². The van der Waals surface area contributed by atoms with Gasteiger partial charge in [0.2, 0.25) is 0 Å². The van der Waals surface area contributed by atoms with E-state index in [1.165, 1.54) is 51.4 Å². The molecule has 10 atom stereocenters. The molecule has 0 radical (unpaired) electrons. The van der Waals surface area contributed by atoms with Crippen molar-refractivity contribution in [3.63, 3.8) is 0 Å². The first kappa shape index (κ1) is 21.5. The maximum Gasteiger partial charge on any atom is 0.0543 e. The SMILES string of the molecule is CC1=C(C(C)C)[C@H]1C[C@@H](C)[C@H]1CC[C@H]2[C@@H]3CC[C@H]4C[C@@H](O)CC[C@]4(C)[C@H]3CC[C@]12C. The third kappa shape index (κ3) is 3.11. The van der Waals surface area contributed by atoms with Crippen LogP contribution in [0.1, 0.15) is 106 Å². The molecule has 0 heterocycles. The van der Waals surface area contributed by atoms with Gasteiger partial charge in [-0.2, -0.15) is 0 Å². The normalized spacial score (nSPS) is 51.4. The summed E-state index contributed by atoms with van der Waals surface area (Å²) in [5, 5.41) is 10.3. The Morgan fingerprint density at radius 1 is 0.900 bits per heavy atom. The predicted octanol–water partition coefficient (Wildman–Crippen LogP) is 7.63. The van der Waals surface area contributed by atoms with Gasteiger partial charge < -0.3 is 5.11 Å². The van der Waals surface area contributed by atoms with E-state index in [1.807, 2.05) is 0 Å². The van der Waals surface area contributed by atoms with Crippen LogP contribution >= 0.6 is 0 Å². The lowest BCUT2D eigenvalue weighted by Gasteiger charge is -2.61. The number of hydrogen-bond acceptors (Lipinski definition) is 1. The second kappa shape index (κ2) is 7.36. The third-order valence-corrected chi connectivity index (χ3v) is 11.9. The van der Waals surface area contributed by atoms with Crippen LogP contribution in [0.5, 0.6) is 0 Å².